The van der Waals surface area contributed by atoms with Crippen LogP contribution in [0.2, 0.25) is 0 Å². The third-order valence-electron chi connectivity index (χ3n) is 3.79. The fourth-order valence-corrected chi connectivity index (χ4v) is 2.98. The first-order valence-electron chi connectivity index (χ1n) is 8.52. The van der Waals surface area contributed by atoms with Crippen molar-refractivity contribution in [3.05, 3.63) is 57.6 Å². The summed E-state index contributed by atoms with van der Waals surface area (Å²) in [7, 11) is -2.72. The summed E-state index contributed by atoms with van der Waals surface area (Å²) in [6.07, 6.45) is 0.0292. The van der Waals surface area contributed by atoms with Gasteiger partial charge in [0.05, 0.1) is 21.9 Å². The van der Waals surface area contributed by atoms with Gasteiger partial charge in [0.2, 0.25) is 0 Å². The second-order valence-electron chi connectivity index (χ2n) is 6.12. The lowest BCUT2D eigenvalue weighted by Gasteiger charge is -2.10. The van der Waals surface area contributed by atoms with Crippen LogP contribution in [0, 0.1) is 21.7 Å². The molecule has 9 nitrogen and oxygen atoms in total. The van der Waals surface area contributed by atoms with Gasteiger partial charge < -0.3 is 13.9 Å². The van der Waals surface area contributed by atoms with E-state index in [-0.39, 0.29) is 17.6 Å². The van der Waals surface area contributed by atoms with Crippen molar-refractivity contribution in [3.8, 4) is 17.1 Å². The zero-order chi connectivity index (χ0) is 25.1. The number of hydrogen-bond acceptors (Lipinski definition) is 8. The lowest BCUT2D eigenvalue weighted by Crippen LogP contribution is -2.28. The van der Waals surface area contributed by atoms with Gasteiger partial charge in [-0.1, -0.05) is 0 Å². The van der Waals surface area contributed by atoms with E-state index in [1.54, 1.807) is 0 Å². The molecular weight excluding hydrogens is 483 g/mol. The van der Waals surface area contributed by atoms with E-state index in [9.17, 15) is 45.3 Å². The number of carbonyl (C=O) groups excluding carboxylic acids is 1. The third-order valence-corrected chi connectivity index (χ3v) is 4.74. The molecule has 178 valence electrons. The minimum atomic E-state index is -6.47. The molecule has 0 bridgehead atoms. The van der Waals surface area contributed by atoms with E-state index in [4.69, 9.17) is 4.42 Å². The second kappa shape index (κ2) is 9.50. The maximum Gasteiger partial charge on any atom is 0.534 e. The lowest BCUT2D eigenvalue weighted by atomic mass is 10.1. The fourth-order valence-electron chi connectivity index (χ4n) is 2.51. The van der Waals surface area contributed by atoms with Gasteiger partial charge in [0, 0.05) is 5.56 Å². The second-order valence-corrected chi connectivity index (χ2v) is 7.66. The molecule has 33 heavy (non-hydrogen) atoms. The van der Waals surface area contributed by atoms with Gasteiger partial charge in [0.15, 0.2) is 12.1 Å². The van der Waals surface area contributed by atoms with E-state index in [0.29, 0.717) is 6.07 Å². The molecular formula is C18H13F5N2O7S. The number of fused-ring (bicyclic) bond motifs is 1. The van der Waals surface area contributed by atoms with Crippen LogP contribution >= 0.6 is 0 Å². The highest BCUT2D eigenvalue weighted by molar-refractivity contribution is 7.88. The van der Waals surface area contributed by atoms with Crippen LogP contribution in [0.4, 0.5) is 27.6 Å². The maximum atomic E-state index is 14.9. The largest absolute Gasteiger partial charge is 0.534 e. The number of nitro groups is 1. The number of nitrogens with one attached hydrogen (secondary N) is 1. The molecule has 0 aliphatic rings. The molecule has 0 aliphatic carbocycles. The van der Waals surface area contributed by atoms with Crippen molar-refractivity contribution in [3.63, 3.8) is 0 Å². The molecule has 1 aromatic heterocycles. The Morgan fingerprint density at radius 3 is 2.15 bits per heavy atom. The molecule has 0 atom stereocenters. The standard InChI is InChI=1S/C16H6F5NO7S.C2H7N/c17-8-3-1-7(2-4-8)14-9(6-23)12-11(28-14)5-10(22(24)25)15(13(12)18)29-30(26,27)16(19,20)21;1-3-2/h1-6H;3H,1-2H3. The van der Waals surface area contributed by atoms with Crippen LogP contribution in [0.15, 0.2) is 34.7 Å². The van der Waals surface area contributed by atoms with Crippen molar-refractivity contribution < 1.29 is 48.7 Å². The molecule has 0 amide bonds. The smallest absolute Gasteiger partial charge is 0.455 e. The monoisotopic (exact) mass is 496 g/mol. The SMILES string of the molecule is CNC.O=Cc1c(-c2ccc(F)cc2)oc2cc([N+](=O)[O-])c(OS(=O)(=O)C(F)(F)F)c(F)c12. The zero-order valence-corrected chi connectivity index (χ0v) is 17.4. The number of hydrogen-bond donors (Lipinski definition) is 1. The number of nitro benzene ring substituents is 1. The quantitative estimate of drug-likeness (QED) is 0.139. The summed E-state index contributed by atoms with van der Waals surface area (Å²) in [5.74, 6) is -4.87. The molecule has 0 saturated heterocycles. The summed E-state index contributed by atoms with van der Waals surface area (Å²) in [4.78, 5) is 21.2. The highest BCUT2D eigenvalue weighted by atomic mass is 32.2. The molecule has 0 radical (unpaired) electrons. The summed E-state index contributed by atoms with van der Waals surface area (Å²) in [6, 6.07) is 4.57. The Morgan fingerprint density at radius 1 is 1.15 bits per heavy atom. The van der Waals surface area contributed by atoms with E-state index in [2.05, 4.69) is 9.50 Å². The molecule has 3 aromatic rings. The van der Waals surface area contributed by atoms with E-state index < -0.39 is 60.2 Å². The van der Waals surface area contributed by atoms with Crippen LogP contribution < -0.4 is 9.50 Å². The highest BCUT2D eigenvalue weighted by Gasteiger charge is 2.50. The van der Waals surface area contributed by atoms with Crippen LogP contribution in [-0.4, -0.2) is 39.2 Å². The Morgan fingerprint density at radius 2 is 1.70 bits per heavy atom. The molecule has 2 aromatic carbocycles. The summed E-state index contributed by atoms with van der Waals surface area (Å²) in [5.41, 5.74) is -8.74. The van der Waals surface area contributed by atoms with Gasteiger partial charge in [-0.2, -0.15) is 21.6 Å². The Hall–Kier alpha value is -3.59. The zero-order valence-electron chi connectivity index (χ0n) is 16.6. The first-order chi connectivity index (χ1) is 15.3. The number of halogens is 5. The van der Waals surface area contributed by atoms with E-state index in [1.807, 2.05) is 14.1 Å². The summed E-state index contributed by atoms with van der Waals surface area (Å²) < 4.78 is 97.1. The number of rotatable bonds is 5. The fraction of sp³-hybridized carbons (Fsp3) is 0.167. The number of furan rings is 1. The molecule has 15 heteroatoms. The number of alkyl halides is 3. The molecule has 0 aliphatic heterocycles. The van der Waals surface area contributed by atoms with Gasteiger partial charge in [0.25, 0.3) is 5.75 Å². The summed E-state index contributed by atoms with van der Waals surface area (Å²) >= 11 is 0. The number of aldehydes is 1. The van der Waals surface area contributed by atoms with Crippen LogP contribution in [0.25, 0.3) is 22.3 Å². The van der Waals surface area contributed by atoms with Crippen LogP contribution in [0.3, 0.4) is 0 Å². The first-order valence-corrected chi connectivity index (χ1v) is 9.93. The summed E-state index contributed by atoms with van der Waals surface area (Å²) in [5, 5.41) is 13.0. The van der Waals surface area contributed by atoms with Crippen molar-refractivity contribution in [1.82, 2.24) is 5.32 Å². The van der Waals surface area contributed by atoms with E-state index in [1.165, 1.54) is 0 Å². The topological polar surface area (TPSA) is 129 Å². The predicted octanol–water partition coefficient (Wildman–Crippen LogP) is 4.16. The van der Waals surface area contributed by atoms with Crippen LogP contribution in [0.1, 0.15) is 10.4 Å². The van der Waals surface area contributed by atoms with Gasteiger partial charge in [-0.25, -0.2) is 8.78 Å². The summed E-state index contributed by atoms with van der Waals surface area (Å²) in [6.45, 7) is 0. The minimum Gasteiger partial charge on any atom is -0.455 e. The Balaban J connectivity index is 0.00000122. The molecule has 0 unspecified atom stereocenters. The molecule has 0 fully saturated rings. The predicted molar refractivity (Wildman–Crippen MR) is 104 cm³/mol. The van der Waals surface area contributed by atoms with Gasteiger partial charge in [-0.3, -0.25) is 14.9 Å². The lowest BCUT2D eigenvalue weighted by molar-refractivity contribution is -0.385. The number of benzene rings is 2. The molecule has 1 N–H and O–H groups in total. The number of nitrogens with zero attached hydrogens (tertiary/aromatic N) is 1. The molecule has 3 rings (SSSR count). The van der Waals surface area contributed by atoms with Crippen molar-refractivity contribution in [1.29, 1.82) is 0 Å². The average Bonchev–Trinajstić information content (AvgIpc) is 3.08. The van der Waals surface area contributed by atoms with Gasteiger partial charge in [0.1, 0.15) is 17.2 Å². The average molecular weight is 496 g/mol. The minimum absolute atomic E-state index is 0.0292. The molecule has 0 saturated carbocycles. The van der Waals surface area contributed by atoms with Gasteiger partial charge in [-0.15, -0.1) is 0 Å². The first kappa shape index (κ1) is 25.7. The van der Waals surface area contributed by atoms with Crippen LogP contribution in [0.5, 0.6) is 5.75 Å². The Bertz CT molecular complexity index is 1300. The highest BCUT2D eigenvalue weighted by Crippen LogP contribution is 2.43. The van der Waals surface area contributed by atoms with Crippen molar-refractivity contribution >= 4 is 33.1 Å². The van der Waals surface area contributed by atoms with E-state index in [0.717, 1.165) is 24.3 Å². The van der Waals surface area contributed by atoms with E-state index >= 15 is 0 Å². The maximum absolute atomic E-state index is 14.9. The van der Waals surface area contributed by atoms with Crippen molar-refractivity contribution in [2.45, 2.75) is 5.51 Å². The van der Waals surface area contributed by atoms with Crippen molar-refractivity contribution in [2.24, 2.45) is 0 Å². The normalized spacial score (nSPS) is 11.6. The van der Waals surface area contributed by atoms with Crippen LogP contribution in [-0.2, 0) is 10.1 Å². The van der Waals surface area contributed by atoms with Gasteiger partial charge in [-0.05, 0) is 38.4 Å². The Labute approximate surface area is 182 Å². The molecule has 0 spiro atoms. The Kier molecular flexibility index (Phi) is 7.39. The third kappa shape index (κ3) is 5.09. The number of carbonyl (C=O) groups is 1. The van der Waals surface area contributed by atoms with Crippen molar-refractivity contribution in [2.75, 3.05) is 14.1 Å². The molecule has 1 heterocycles. The van der Waals surface area contributed by atoms with Gasteiger partial charge >= 0.3 is 21.3 Å².